The van der Waals surface area contributed by atoms with Crippen molar-refractivity contribution in [1.82, 2.24) is 10.3 Å². The van der Waals surface area contributed by atoms with E-state index in [1.165, 1.54) is 12.8 Å². The van der Waals surface area contributed by atoms with Gasteiger partial charge in [-0.3, -0.25) is 14.4 Å². The summed E-state index contributed by atoms with van der Waals surface area (Å²) < 4.78 is 0. The van der Waals surface area contributed by atoms with Gasteiger partial charge in [-0.05, 0) is 69.4 Å². The third kappa shape index (κ3) is 6.22. The highest BCUT2D eigenvalue weighted by Gasteiger charge is 2.17. The van der Waals surface area contributed by atoms with E-state index < -0.39 is 5.56 Å². The van der Waals surface area contributed by atoms with E-state index in [0.29, 0.717) is 17.7 Å². The van der Waals surface area contributed by atoms with Gasteiger partial charge in [0.05, 0.1) is 0 Å². The maximum absolute atomic E-state index is 12.5. The lowest BCUT2D eigenvalue weighted by molar-refractivity contribution is -0.122. The molecule has 0 bridgehead atoms. The van der Waals surface area contributed by atoms with E-state index in [4.69, 9.17) is 0 Å². The molecule has 8 nitrogen and oxygen atoms in total. The average molecular weight is 450 g/mol. The first-order chi connectivity index (χ1) is 15.8. The van der Waals surface area contributed by atoms with E-state index in [1.54, 1.807) is 20.8 Å². The van der Waals surface area contributed by atoms with Gasteiger partial charge in [0.2, 0.25) is 11.8 Å². The van der Waals surface area contributed by atoms with Gasteiger partial charge in [-0.25, -0.2) is 0 Å². The minimum Gasteiger partial charge on any atom is -0.371 e. The molecule has 2 heterocycles. The van der Waals surface area contributed by atoms with E-state index in [0.717, 1.165) is 30.0 Å². The van der Waals surface area contributed by atoms with E-state index in [9.17, 15) is 19.6 Å². The van der Waals surface area contributed by atoms with Gasteiger partial charge in [0.1, 0.15) is 11.6 Å². The Hall–Kier alpha value is -3.60. The summed E-state index contributed by atoms with van der Waals surface area (Å²) in [5.41, 5.74) is 3.59. The fraction of sp³-hybridized carbons (Fsp3) is 0.440. The van der Waals surface area contributed by atoms with Crippen LogP contribution in [-0.2, 0) is 16.0 Å². The molecule has 2 amide bonds. The van der Waals surface area contributed by atoms with Crippen LogP contribution in [0.25, 0.3) is 0 Å². The average Bonchev–Trinajstić information content (AvgIpc) is 3.28. The molecule has 3 N–H and O–H groups in total. The third-order valence-electron chi connectivity index (χ3n) is 6.02. The molecule has 0 saturated carbocycles. The molecule has 1 saturated heterocycles. The summed E-state index contributed by atoms with van der Waals surface area (Å²) in [7, 11) is 0. The van der Waals surface area contributed by atoms with Crippen molar-refractivity contribution in [3.05, 3.63) is 57.0 Å². The van der Waals surface area contributed by atoms with Crippen molar-refractivity contribution in [2.75, 3.05) is 23.3 Å². The van der Waals surface area contributed by atoms with Gasteiger partial charge < -0.3 is 20.5 Å². The van der Waals surface area contributed by atoms with Crippen LogP contribution in [0.2, 0.25) is 0 Å². The number of anilines is 2. The van der Waals surface area contributed by atoms with Crippen LogP contribution in [0.15, 0.2) is 29.1 Å². The zero-order valence-corrected chi connectivity index (χ0v) is 19.5. The fourth-order valence-electron chi connectivity index (χ4n) is 4.30. The maximum atomic E-state index is 12.5. The van der Waals surface area contributed by atoms with Crippen LogP contribution < -0.4 is 21.1 Å². The molecule has 1 atom stereocenters. The number of pyridine rings is 1. The zero-order valence-electron chi connectivity index (χ0n) is 19.5. The Balaban J connectivity index is 1.50. The van der Waals surface area contributed by atoms with Crippen LogP contribution in [0.1, 0.15) is 55.0 Å². The molecule has 3 rings (SSSR count). The highest BCUT2D eigenvalue weighted by atomic mass is 16.2. The minimum atomic E-state index is -0.411. The third-order valence-corrected chi connectivity index (χ3v) is 6.02. The summed E-state index contributed by atoms with van der Waals surface area (Å²) in [4.78, 5) is 41.7. The molecule has 1 fully saturated rings. The smallest absolute Gasteiger partial charge is 0.266 e. The number of carbonyl (C=O) groups is 2. The molecule has 0 aliphatic carbocycles. The number of aromatic amines is 1. The molecule has 2 aromatic rings. The Morgan fingerprint density at radius 2 is 1.94 bits per heavy atom. The summed E-state index contributed by atoms with van der Waals surface area (Å²) in [5.74, 6) is -0.345. The number of H-pyrrole nitrogens is 1. The summed E-state index contributed by atoms with van der Waals surface area (Å²) in [6.45, 7) is 7.35. The molecular weight excluding hydrogens is 418 g/mol. The maximum Gasteiger partial charge on any atom is 0.266 e. The van der Waals surface area contributed by atoms with Crippen molar-refractivity contribution in [2.24, 2.45) is 0 Å². The van der Waals surface area contributed by atoms with E-state index in [-0.39, 0.29) is 36.3 Å². The zero-order chi connectivity index (χ0) is 24.0. The van der Waals surface area contributed by atoms with Crippen LogP contribution in [0.3, 0.4) is 0 Å². The van der Waals surface area contributed by atoms with Gasteiger partial charge in [-0.1, -0.05) is 6.07 Å². The van der Waals surface area contributed by atoms with Gasteiger partial charge in [0, 0.05) is 49.0 Å². The van der Waals surface area contributed by atoms with E-state index >= 15 is 0 Å². The number of nitrogens with one attached hydrogen (secondary N) is 3. The van der Waals surface area contributed by atoms with Crippen LogP contribution in [0.4, 0.5) is 11.4 Å². The SMILES string of the molecule is Cc1[nH]c(=O)c(C#N)c(C)c1CCC(=O)NC(C)CC(=O)Nc1cccc(N2CCCC2)c1. The Bertz CT molecular complexity index is 1130. The first-order valence-corrected chi connectivity index (χ1v) is 11.3. The molecule has 8 heteroatoms. The highest BCUT2D eigenvalue weighted by molar-refractivity contribution is 5.92. The van der Waals surface area contributed by atoms with Crippen LogP contribution in [0.5, 0.6) is 0 Å². The lowest BCUT2D eigenvalue weighted by Gasteiger charge is -2.19. The predicted molar refractivity (Wildman–Crippen MR) is 128 cm³/mol. The van der Waals surface area contributed by atoms with Gasteiger partial charge in [-0.15, -0.1) is 0 Å². The summed E-state index contributed by atoms with van der Waals surface area (Å²) in [5, 5.41) is 15.0. The first-order valence-electron chi connectivity index (χ1n) is 11.3. The number of aromatic nitrogens is 1. The Morgan fingerprint density at radius 1 is 1.21 bits per heavy atom. The van der Waals surface area contributed by atoms with Crippen molar-refractivity contribution in [3.63, 3.8) is 0 Å². The van der Waals surface area contributed by atoms with Gasteiger partial charge in [0.25, 0.3) is 5.56 Å². The molecule has 1 unspecified atom stereocenters. The van der Waals surface area contributed by atoms with Crippen molar-refractivity contribution < 1.29 is 9.59 Å². The molecule has 1 aromatic carbocycles. The number of benzene rings is 1. The number of aryl methyl sites for hydroxylation is 1. The molecule has 0 radical (unpaired) electrons. The Labute approximate surface area is 194 Å². The first kappa shape index (κ1) is 24.1. The van der Waals surface area contributed by atoms with Crippen LogP contribution in [0, 0.1) is 25.2 Å². The molecule has 33 heavy (non-hydrogen) atoms. The molecule has 1 aromatic heterocycles. The highest BCUT2D eigenvalue weighted by Crippen LogP contribution is 2.23. The normalized spacial score (nSPS) is 13.9. The van der Waals surface area contributed by atoms with Gasteiger partial charge in [0.15, 0.2) is 0 Å². The lowest BCUT2D eigenvalue weighted by Crippen LogP contribution is -2.35. The summed E-state index contributed by atoms with van der Waals surface area (Å²) >= 11 is 0. The molecule has 1 aliphatic rings. The molecule has 0 spiro atoms. The van der Waals surface area contributed by atoms with Crippen molar-refractivity contribution in [2.45, 2.75) is 58.9 Å². The monoisotopic (exact) mass is 449 g/mol. The van der Waals surface area contributed by atoms with Crippen molar-refractivity contribution in [1.29, 1.82) is 5.26 Å². The molecule has 174 valence electrons. The Kier molecular flexibility index (Phi) is 7.88. The van der Waals surface area contributed by atoms with Crippen molar-refractivity contribution >= 4 is 23.2 Å². The number of hydrogen-bond donors (Lipinski definition) is 3. The number of nitriles is 1. The number of amides is 2. The largest absolute Gasteiger partial charge is 0.371 e. The Morgan fingerprint density at radius 3 is 2.64 bits per heavy atom. The summed E-state index contributed by atoms with van der Waals surface area (Å²) in [6.07, 6.45) is 3.14. The minimum absolute atomic E-state index is 0.0786. The van der Waals surface area contributed by atoms with Crippen LogP contribution >= 0.6 is 0 Å². The number of rotatable bonds is 8. The second-order valence-electron chi connectivity index (χ2n) is 8.63. The topological polar surface area (TPSA) is 118 Å². The van der Waals surface area contributed by atoms with Gasteiger partial charge >= 0.3 is 0 Å². The number of nitrogens with zero attached hydrogens (tertiary/aromatic N) is 2. The second-order valence-corrected chi connectivity index (χ2v) is 8.63. The lowest BCUT2D eigenvalue weighted by atomic mass is 9.99. The predicted octanol–water partition coefficient (Wildman–Crippen LogP) is 2.93. The van der Waals surface area contributed by atoms with Gasteiger partial charge in [-0.2, -0.15) is 5.26 Å². The standard InChI is InChI=1S/C25H31N5O3/c1-16(13-24(32)29-19-7-6-8-20(14-19)30-11-4-5-12-30)27-23(31)10-9-21-17(2)22(15-26)25(33)28-18(21)3/h6-8,14,16H,4-5,9-13H2,1-3H3,(H,27,31)(H,28,33)(H,29,32). The van der Waals surface area contributed by atoms with E-state index in [2.05, 4.69) is 26.6 Å². The number of hydrogen-bond acceptors (Lipinski definition) is 5. The summed E-state index contributed by atoms with van der Waals surface area (Å²) in [6, 6.07) is 9.43. The fourth-order valence-corrected chi connectivity index (χ4v) is 4.30. The molecule has 1 aliphatic heterocycles. The van der Waals surface area contributed by atoms with E-state index in [1.807, 2.05) is 24.3 Å². The second kappa shape index (κ2) is 10.8. The molecular formula is C25H31N5O3. The quantitative estimate of drug-likeness (QED) is 0.573. The van der Waals surface area contributed by atoms with Crippen molar-refractivity contribution in [3.8, 4) is 6.07 Å². The van der Waals surface area contributed by atoms with Crippen LogP contribution in [-0.4, -0.2) is 35.9 Å². The number of carbonyl (C=O) groups excluding carboxylic acids is 2.